The smallest absolute Gasteiger partial charge is 0.338 e. The molecule has 0 bridgehead atoms. The Kier molecular flexibility index (Phi) is 7.80. The summed E-state index contributed by atoms with van der Waals surface area (Å²) in [5, 5.41) is 0. The first kappa shape index (κ1) is 28.5. The Hall–Kier alpha value is -4.99. The molecule has 42 heavy (non-hydrogen) atoms. The molecule has 0 fully saturated rings. The number of benzene rings is 3. The summed E-state index contributed by atoms with van der Waals surface area (Å²) >= 11 is 0. The molecule has 0 aromatic heterocycles. The Morgan fingerprint density at radius 2 is 1.40 bits per heavy atom. The number of allylic oxidation sites excluding steroid dienone is 2. The Balaban J connectivity index is 1.80. The summed E-state index contributed by atoms with van der Waals surface area (Å²) in [6.45, 7) is 0. The first-order valence-electron chi connectivity index (χ1n) is 13.1. The highest BCUT2D eigenvalue weighted by atomic mass is 19.1. The summed E-state index contributed by atoms with van der Waals surface area (Å²) in [5.41, 5.74) is 8.60. The molecule has 0 unspecified atom stereocenters. The Labute approximate surface area is 241 Å². The molecule has 2 N–H and O–H groups in total. The van der Waals surface area contributed by atoms with Gasteiger partial charge in [-0.1, -0.05) is 24.3 Å². The fraction of sp³-hybridized carbons (Fsp3) is 0.219. The lowest BCUT2D eigenvalue weighted by Crippen LogP contribution is -2.46. The number of nitrogens with zero attached hydrogens (tertiary/aromatic N) is 1. The van der Waals surface area contributed by atoms with Crippen LogP contribution >= 0.6 is 0 Å². The number of ether oxygens (including phenoxy) is 3. The van der Waals surface area contributed by atoms with Gasteiger partial charge >= 0.3 is 11.9 Å². The zero-order chi connectivity index (χ0) is 30.1. The van der Waals surface area contributed by atoms with Crippen molar-refractivity contribution in [3.8, 4) is 5.75 Å². The highest BCUT2D eigenvalue weighted by molar-refractivity contribution is 6.14. The van der Waals surface area contributed by atoms with Gasteiger partial charge in [0.2, 0.25) is 0 Å². The van der Waals surface area contributed by atoms with E-state index in [9.17, 15) is 23.2 Å². The van der Waals surface area contributed by atoms with Crippen molar-refractivity contribution in [2.45, 2.75) is 18.3 Å². The molecule has 0 radical (unpaired) electrons. The summed E-state index contributed by atoms with van der Waals surface area (Å²) in [5.74, 6) is -5.65. The third-order valence-electron chi connectivity index (χ3n) is 7.73. The predicted molar refractivity (Wildman–Crippen MR) is 149 cm³/mol. The van der Waals surface area contributed by atoms with E-state index < -0.39 is 47.1 Å². The number of methoxy groups -OCH3 is 3. The van der Waals surface area contributed by atoms with Gasteiger partial charge in [-0.25, -0.2) is 13.6 Å². The van der Waals surface area contributed by atoms with Crippen LogP contribution in [0, 0.1) is 17.6 Å². The number of hydrogen-bond donors (Lipinski definition) is 1. The number of carbonyl (C=O) groups is 3. The average Bonchev–Trinajstić information content (AvgIpc) is 3.01. The van der Waals surface area contributed by atoms with Gasteiger partial charge in [-0.15, -0.1) is 0 Å². The highest BCUT2D eigenvalue weighted by Crippen LogP contribution is 2.51. The van der Waals surface area contributed by atoms with E-state index >= 15 is 0 Å². The molecular formula is C32H28F2N2O6. The third-order valence-corrected chi connectivity index (χ3v) is 7.73. The number of carbonyl (C=O) groups excluding carboxylic acids is 3. The summed E-state index contributed by atoms with van der Waals surface area (Å²) in [6, 6.07) is 17.7. The zero-order valence-electron chi connectivity index (χ0n) is 23.1. The van der Waals surface area contributed by atoms with Crippen molar-refractivity contribution in [1.29, 1.82) is 0 Å². The van der Waals surface area contributed by atoms with Crippen LogP contribution in [0.4, 0.5) is 14.5 Å². The van der Waals surface area contributed by atoms with Crippen LogP contribution in [0.1, 0.15) is 29.4 Å². The number of Topliss-reactive ketones (excluding diaryl/α,β-unsaturated/α-hetero) is 1. The largest absolute Gasteiger partial charge is 0.497 e. The van der Waals surface area contributed by atoms with Crippen LogP contribution < -0.4 is 15.4 Å². The molecule has 10 heteroatoms. The molecule has 1 aliphatic heterocycles. The number of rotatable bonds is 6. The van der Waals surface area contributed by atoms with Crippen LogP contribution in [0.2, 0.25) is 0 Å². The minimum Gasteiger partial charge on any atom is -0.497 e. The van der Waals surface area contributed by atoms with E-state index in [2.05, 4.69) is 0 Å². The second-order valence-corrected chi connectivity index (χ2v) is 9.90. The van der Waals surface area contributed by atoms with Crippen LogP contribution in [-0.4, -0.2) is 39.1 Å². The maximum absolute atomic E-state index is 14.6. The number of halogens is 2. The van der Waals surface area contributed by atoms with Crippen LogP contribution in [0.15, 0.2) is 95.5 Å². The molecule has 1 aliphatic carbocycles. The second-order valence-electron chi connectivity index (χ2n) is 9.90. The van der Waals surface area contributed by atoms with Gasteiger partial charge in [0.05, 0.1) is 32.8 Å². The van der Waals surface area contributed by atoms with E-state index in [-0.39, 0.29) is 23.4 Å². The monoisotopic (exact) mass is 574 g/mol. The Morgan fingerprint density at radius 1 is 0.833 bits per heavy atom. The summed E-state index contributed by atoms with van der Waals surface area (Å²) in [7, 11) is 3.90. The first-order chi connectivity index (χ1) is 20.2. The minimum absolute atomic E-state index is 0.0423. The van der Waals surface area contributed by atoms with E-state index in [0.717, 1.165) is 0 Å². The van der Waals surface area contributed by atoms with Gasteiger partial charge in [-0.05, 0) is 66.1 Å². The molecular weight excluding hydrogens is 546 g/mol. The van der Waals surface area contributed by atoms with E-state index in [0.29, 0.717) is 28.3 Å². The molecule has 5 rings (SSSR count). The first-order valence-corrected chi connectivity index (χ1v) is 13.1. The fourth-order valence-electron chi connectivity index (χ4n) is 5.77. The van der Waals surface area contributed by atoms with Crippen molar-refractivity contribution >= 4 is 23.4 Å². The number of ketones is 1. The van der Waals surface area contributed by atoms with Crippen LogP contribution in [-0.2, 0) is 23.9 Å². The molecule has 0 spiro atoms. The quantitative estimate of drug-likeness (QED) is 0.333. The number of anilines is 1. The van der Waals surface area contributed by atoms with Crippen LogP contribution in [0.3, 0.4) is 0 Å². The third kappa shape index (κ3) is 4.89. The molecule has 1 heterocycles. The molecule has 0 amide bonds. The summed E-state index contributed by atoms with van der Waals surface area (Å²) < 4.78 is 43.4. The average molecular weight is 575 g/mol. The van der Waals surface area contributed by atoms with E-state index in [1.165, 1.54) is 74.8 Å². The molecule has 3 aromatic carbocycles. The zero-order valence-corrected chi connectivity index (χ0v) is 23.1. The van der Waals surface area contributed by atoms with Crippen LogP contribution in [0.25, 0.3) is 0 Å². The molecule has 3 atom stereocenters. The van der Waals surface area contributed by atoms with Gasteiger partial charge in [-0.3, -0.25) is 14.5 Å². The number of hydrogen-bond acceptors (Lipinski definition) is 8. The van der Waals surface area contributed by atoms with Crippen molar-refractivity contribution < 1.29 is 37.4 Å². The molecule has 0 saturated heterocycles. The lowest BCUT2D eigenvalue weighted by Gasteiger charge is -2.44. The van der Waals surface area contributed by atoms with Crippen molar-refractivity contribution in [2.24, 2.45) is 11.7 Å². The Bertz CT molecular complexity index is 1600. The maximum atomic E-state index is 14.6. The van der Waals surface area contributed by atoms with Crippen molar-refractivity contribution in [1.82, 2.24) is 0 Å². The molecule has 0 saturated carbocycles. The minimum atomic E-state index is -1.27. The number of nitrogens with two attached hydrogens (primary N) is 1. The van der Waals surface area contributed by atoms with Gasteiger partial charge in [0.25, 0.3) is 0 Å². The van der Waals surface area contributed by atoms with E-state index in [1.54, 1.807) is 24.3 Å². The predicted octanol–water partition coefficient (Wildman–Crippen LogP) is 4.72. The van der Waals surface area contributed by atoms with Gasteiger partial charge in [0, 0.05) is 22.9 Å². The van der Waals surface area contributed by atoms with Crippen molar-refractivity contribution in [3.63, 3.8) is 0 Å². The van der Waals surface area contributed by atoms with E-state index in [1.807, 2.05) is 0 Å². The second kappa shape index (κ2) is 11.5. The number of esters is 2. The molecule has 3 aromatic rings. The fourth-order valence-corrected chi connectivity index (χ4v) is 5.77. The maximum Gasteiger partial charge on any atom is 0.338 e. The van der Waals surface area contributed by atoms with E-state index in [4.69, 9.17) is 19.9 Å². The van der Waals surface area contributed by atoms with Gasteiger partial charge in [-0.2, -0.15) is 0 Å². The van der Waals surface area contributed by atoms with Crippen molar-refractivity contribution in [3.05, 3.63) is 118 Å². The lowest BCUT2D eigenvalue weighted by atomic mass is 9.67. The summed E-state index contributed by atoms with van der Waals surface area (Å²) in [6.07, 6.45) is 0.122. The highest BCUT2D eigenvalue weighted by Gasteiger charge is 2.51. The standard InChI is InChI=1S/C32H28F2N2O6/c1-40-22-14-6-17(7-15-22)23-16-24-27(29(37)26(23)31(38)41-2)25(18-4-8-19(33)9-5-18)28(32(39)42-3)30(35)36(24)21-12-10-20(34)11-13-21/h4-15,23,25-26H,16,35H2,1-3H3/t23-,25+,26-/m1/s1. The molecule has 216 valence electrons. The van der Waals surface area contributed by atoms with Gasteiger partial charge in [0.1, 0.15) is 29.1 Å². The lowest BCUT2D eigenvalue weighted by molar-refractivity contribution is -0.150. The van der Waals surface area contributed by atoms with Crippen LogP contribution in [0.5, 0.6) is 5.75 Å². The SMILES string of the molecule is COC(=O)C1=C(N)N(c2ccc(F)cc2)C2=C(C(=O)[C@H](C(=O)OC)[C@@H](c3ccc(OC)cc3)C2)[C@@H]1c1ccc(F)cc1. The molecule has 2 aliphatic rings. The Morgan fingerprint density at radius 3 is 1.95 bits per heavy atom. The van der Waals surface area contributed by atoms with Gasteiger partial charge in [0.15, 0.2) is 5.78 Å². The molecule has 8 nitrogen and oxygen atoms in total. The van der Waals surface area contributed by atoms with Crippen molar-refractivity contribution in [2.75, 3.05) is 26.2 Å². The normalized spacial score (nSPS) is 20.3. The topological polar surface area (TPSA) is 108 Å². The van der Waals surface area contributed by atoms with Gasteiger partial charge < -0.3 is 19.9 Å². The summed E-state index contributed by atoms with van der Waals surface area (Å²) in [4.78, 5) is 42.6.